The average molecular weight is 282 g/mol. The Morgan fingerprint density at radius 2 is 2.10 bits per heavy atom. The molecule has 1 aliphatic rings. The highest BCUT2D eigenvalue weighted by molar-refractivity contribution is 5.67. The molecule has 1 heterocycles. The molecular weight excluding hydrogens is 267 g/mol. The number of aliphatic carboxylic acids is 1. The second kappa shape index (κ2) is 5.85. The van der Waals surface area contributed by atoms with Crippen molar-refractivity contribution in [2.24, 2.45) is 5.92 Å². The van der Waals surface area contributed by atoms with Gasteiger partial charge in [-0.15, -0.1) is 0 Å². The van der Waals surface area contributed by atoms with E-state index in [-0.39, 0.29) is 23.7 Å². The third-order valence-electron chi connectivity index (χ3n) is 3.55. The van der Waals surface area contributed by atoms with E-state index >= 15 is 0 Å². The topological polar surface area (TPSA) is 83.7 Å². The van der Waals surface area contributed by atoms with Gasteiger partial charge < -0.3 is 10.0 Å². The lowest BCUT2D eigenvalue weighted by Gasteiger charge is -2.32. The van der Waals surface area contributed by atoms with E-state index in [0.717, 1.165) is 18.2 Å². The first-order valence-electron chi connectivity index (χ1n) is 6.38. The maximum Gasteiger partial charge on any atom is 0.303 e. The van der Waals surface area contributed by atoms with Crippen LogP contribution < -0.4 is 4.90 Å². The molecule has 0 bridgehead atoms. The molecule has 1 aromatic rings. The van der Waals surface area contributed by atoms with E-state index in [1.54, 1.807) is 4.90 Å². The van der Waals surface area contributed by atoms with Crippen molar-refractivity contribution in [3.63, 3.8) is 0 Å². The van der Waals surface area contributed by atoms with Crippen molar-refractivity contribution < 1.29 is 19.2 Å². The van der Waals surface area contributed by atoms with Gasteiger partial charge in [0.1, 0.15) is 11.5 Å². The molecule has 0 radical (unpaired) electrons. The lowest BCUT2D eigenvalue weighted by molar-refractivity contribution is -0.384. The predicted octanol–water partition coefficient (Wildman–Crippen LogP) is 2.43. The highest BCUT2D eigenvalue weighted by Crippen LogP contribution is 2.32. The third kappa shape index (κ3) is 3.23. The molecule has 2 rings (SSSR count). The van der Waals surface area contributed by atoms with Crippen LogP contribution >= 0.6 is 0 Å². The number of carboxylic acids is 1. The van der Waals surface area contributed by atoms with E-state index in [1.165, 1.54) is 0 Å². The molecule has 108 valence electrons. The molecule has 0 aliphatic carbocycles. The van der Waals surface area contributed by atoms with Crippen LogP contribution in [0.15, 0.2) is 18.2 Å². The number of nitro groups is 1. The van der Waals surface area contributed by atoms with Crippen molar-refractivity contribution in [3.8, 4) is 0 Å². The maximum absolute atomic E-state index is 13.3. The minimum Gasteiger partial charge on any atom is -0.481 e. The number of hydrogen-bond donors (Lipinski definition) is 1. The van der Waals surface area contributed by atoms with Crippen LogP contribution in [0.25, 0.3) is 0 Å². The summed E-state index contributed by atoms with van der Waals surface area (Å²) >= 11 is 0. The van der Waals surface area contributed by atoms with Crippen LogP contribution in [0.4, 0.5) is 15.8 Å². The Balaban J connectivity index is 2.12. The summed E-state index contributed by atoms with van der Waals surface area (Å²) in [5.41, 5.74) is 0.145. The quantitative estimate of drug-likeness (QED) is 0.677. The number of carboxylic acid groups (broad SMARTS) is 1. The maximum atomic E-state index is 13.3. The number of halogens is 1. The Hall–Kier alpha value is -2.18. The molecule has 6 nitrogen and oxygen atoms in total. The van der Waals surface area contributed by atoms with E-state index < -0.39 is 16.7 Å². The number of benzene rings is 1. The van der Waals surface area contributed by atoms with Crippen molar-refractivity contribution in [3.05, 3.63) is 34.1 Å². The van der Waals surface area contributed by atoms with Gasteiger partial charge in [0.15, 0.2) is 0 Å². The smallest absolute Gasteiger partial charge is 0.303 e. The molecule has 0 unspecified atom stereocenters. The average Bonchev–Trinajstić information content (AvgIpc) is 2.38. The summed E-state index contributed by atoms with van der Waals surface area (Å²) in [4.78, 5) is 22.8. The first-order valence-corrected chi connectivity index (χ1v) is 6.38. The molecule has 0 spiro atoms. The summed E-state index contributed by atoms with van der Waals surface area (Å²) in [6, 6.07) is 3.39. The molecule has 1 saturated heterocycles. The molecule has 1 aliphatic heterocycles. The van der Waals surface area contributed by atoms with Gasteiger partial charge in [0.05, 0.1) is 4.92 Å². The summed E-state index contributed by atoms with van der Waals surface area (Å²) in [6.07, 6.45) is 1.39. The zero-order valence-electron chi connectivity index (χ0n) is 10.8. The second-order valence-electron chi connectivity index (χ2n) is 4.92. The van der Waals surface area contributed by atoms with Crippen LogP contribution in [-0.2, 0) is 4.79 Å². The standard InChI is InChI=1S/C13H15FN2O4/c14-10-1-2-11(16(19)20)12(8-10)15-5-3-9(4-6-15)7-13(17)18/h1-2,8-9H,3-7H2,(H,17,18). The van der Waals surface area contributed by atoms with Gasteiger partial charge in [-0.1, -0.05) is 0 Å². The van der Waals surface area contributed by atoms with Crippen molar-refractivity contribution in [2.75, 3.05) is 18.0 Å². The fourth-order valence-electron chi connectivity index (χ4n) is 2.53. The first kappa shape index (κ1) is 14.2. The molecule has 20 heavy (non-hydrogen) atoms. The van der Waals surface area contributed by atoms with Gasteiger partial charge in [-0.2, -0.15) is 0 Å². The van der Waals surface area contributed by atoms with E-state index in [0.29, 0.717) is 25.9 Å². The van der Waals surface area contributed by atoms with Gasteiger partial charge in [-0.05, 0) is 24.8 Å². The van der Waals surface area contributed by atoms with E-state index in [9.17, 15) is 19.3 Å². The molecule has 7 heteroatoms. The zero-order valence-corrected chi connectivity index (χ0v) is 10.8. The Labute approximate surface area is 115 Å². The van der Waals surface area contributed by atoms with Gasteiger partial charge in [-0.3, -0.25) is 14.9 Å². The van der Waals surface area contributed by atoms with Crippen molar-refractivity contribution in [1.29, 1.82) is 0 Å². The van der Waals surface area contributed by atoms with Crippen LogP contribution in [0.3, 0.4) is 0 Å². The molecular formula is C13H15FN2O4. The largest absolute Gasteiger partial charge is 0.481 e. The number of hydrogen-bond acceptors (Lipinski definition) is 4. The molecule has 1 N–H and O–H groups in total. The number of nitro benzene ring substituents is 1. The zero-order chi connectivity index (χ0) is 14.7. The van der Waals surface area contributed by atoms with Gasteiger partial charge >= 0.3 is 5.97 Å². The fourth-order valence-corrected chi connectivity index (χ4v) is 2.53. The van der Waals surface area contributed by atoms with Crippen LogP contribution in [-0.4, -0.2) is 29.1 Å². The number of rotatable bonds is 4. The van der Waals surface area contributed by atoms with Gasteiger partial charge in [-0.25, -0.2) is 4.39 Å². The second-order valence-corrected chi connectivity index (χ2v) is 4.92. The molecule has 0 saturated carbocycles. The first-order chi connectivity index (χ1) is 9.47. The van der Waals surface area contributed by atoms with Crippen LogP contribution in [0.1, 0.15) is 19.3 Å². The highest BCUT2D eigenvalue weighted by Gasteiger charge is 2.26. The Morgan fingerprint density at radius 3 is 2.65 bits per heavy atom. The summed E-state index contributed by atoms with van der Waals surface area (Å²) in [5, 5.41) is 19.7. The number of nitrogens with zero attached hydrogens (tertiary/aromatic N) is 2. The summed E-state index contributed by atoms with van der Waals surface area (Å²) in [5.74, 6) is -1.27. The predicted molar refractivity (Wildman–Crippen MR) is 70.2 cm³/mol. The van der Waals surface area contributed by atoms with Crippen molar-refractivity contribution in [1.82, 2.24) is 0 Å². The van der Waals surface area contributed by atoms with Crippen LogP contribution in [0.2, 0.25) is 0 Å². The van der Waals surface area contributed by atoms with Gasteiger partial charge in [0, 0.05) is 31.6 Å². The Bertz CT molecular complexity index is 527. The van der Waals surface area contributed by atoms with Crippen molar-refractivity contribution in [2.45, 2.75) is 19.3 Å². The Kier molecular flexibility index (Phi) is 4.16. The number of anilines is 1. The summed E-state index contributed by atoms with van der Waals surface area (Å²) < 4.78 is 13.3. The molecule has 0 aromatic heterocycles. The minimum absolute atomic E-state index is 0.0800. The lowest BCUT2D eigenvalue weighted by Crippen LogP contribution is -2.34. The van der Waals surface area contributed by atoms with E-state index in [2.05, 4.69) is 0 Å². The van der Waals surface area contributed by atoms with E-state index in [1.807, 2.05) is 0 Å². The van der Waals surface area contributed by atoms with E-state index in [4.69, 9.17) is 5.11 Å². The SMILES string of the molecule is O=C(O)CC1CCN(c2cc(F)ccc2[N+](=O)[O-])CC1. The lowest BCUT2D eigenvalue weighted by atomic mass is 9.93. The summed E-state index contributed by atoms with van der Waals surface area (Å²) in [7, 11) is 0. The monoisotopic (exact) mass is 282 g/mol. The molecule has 0 amide bonds. The fraction of sp³-hybridized carbons (Fsp3) is 0.462. The molecule has 1 fully saturated rings. The Morgan fingerprint density at radius 1 is 1.45 bits per heavy atom. The summed E-state index contributed by atoms with van der Waals surface area (Å²) in [6.45, 7) is 1.00. The van der Waals surface area contributed by atoms with Gasteiger partial charge in [0.25, 0.3) is 5.69 Å². The van der Waals surface area contributed by atoms with Crippen molar-refractivity contribution >= 4 is 17.3 Å². The highest BCUT2D eigenvalue weighted by atomic mass is 19.1. The van der Waals surface area contributed by atoms with Crippen LogP contribution in [0, 0.1) is 21.8 Å². The van der Waals surface area contributed by atoms with Crippen LogP contribution in [0.5, 0.6) is 0 Å². The molecule has 0 atom stereocenters. The normalized spacial score (nSPS) is 16.1. The number of piperidine rings is 1. The number of carbonyl (C=O) groups is 1. The molecule has 1 aromatic carbocycles. The third-order valence-corrected chi connectivity index (χ3v) is 3.55. The minimum atomic E-state index is -0.833. The van der Waals surface area contributed by atoms with Gasteiger partial charge in [0.2, 0.25) is 0 Å².